The molecule has 1 saturated heterocycles. The van der Waals surface area contributed by atoms with Gasteiger partial charge in [0, 0.05) is 17.8 Å². The van der Waals surface area contributed by atoms with E-state index >= 15 is 0 Å². The molecule has 1 spiro atoms. The molecule has 1 aliphatic heterocycles. The number of hydrogen-bond donors (Lipinski definition) is 3. The zero-order valence-corrected chi connectivity index (χ0v) is 23.4. The Morgan fingerprint density at radius 3 is 2.28 bits per heavy atom. The van der Waals surface area contributed by atoms with Crippen LogP contribution in [0.3, 0.4) is 0 Å². The van der Waals surface area contributed by atoms with Crippen molar-refractivity contribution < 1.29 is 29.6 Å². The van der Waals surface area contributed by atoms with E-state index in [1.807, 2.05) is 13.8 Å². The molecule has 3 N–H and O–H groups in total. The highest BCUT2D eigenvalue weighted by atomic mass is 16.6. The average molecular weight is 505 g/mol. The summed E-state index contributed by atoms with van der Waals surface area (Å²) in [6.45, 7) is 15.0. The summed E-state index contributed by atoms with van der Waals surface area (Å²) in [5, 5.41) is 33.0. The number of aliphatic carboxylic acids is 1. The number of carbonyl (C=O) groups is 2. The van der Waals surface area contributed by atoms with Gasteiger partial charge >= 0.3 is 11.9 Å². The van der Waals surface area contributed by atoms with Crippen LogP contribution in [-0.2, 0) is 14.3 Å². The van der Waals surface area contributed by atoms with Gasteiger partial charge in [-0.2, -0.15) is 0 Å². The van der Waals surface area contributed by atoms with E-state index in [9.17, 15) is 24.9 Å². The van der Waals surface area contributed by atoms with E-state index in [0.717, 1.165) is 44.9 Å². The number of esters is 1. The van der Waals surface area contributed by atoms with Crippen LogP contribution in [0, 0.1) is 44.8 Å². The summed E-state index contributed by atoms with van der Waals surface area (Å²) < 4.78 is 6.57. The number of carbonyl (C=O) groups excluding carboxylic acids is 1. The summed E-state index contributed by atoms with van der Waals surface area (Å²) in [6, 6.07) is 0. The Labute approximate surface area is 216 Å². The SMILES string of the molecule is CC1(C)CC[C@@]23CC[C@]4(C)[C@@](OC2=O)([C@@H]3C1)[C@@H](O)CC1[C@@](C)(CCC(=O)O)[C@H](C(C)(C)O)CC[C@]14C. The minimum absolute atomic E-state index is 0.00468. The van der Waals surface area contributed by atoms with Gasteiger partial charge in [0.1, 0.15) is 5.60 Å². The maximum atomic E-state index is 13.7. The number of rotatable bonds is 4. The van der Waals surface area contributed by atoms with Gasteiger partial charge in [-0.15, -0.1) is 0 Å². The van der Waals surface area contributed by atoms with E-state index in [4.69, 9.17) is 4.74 Å². The highest BCUT2D eigenvalue weighted by molar-refractivity contribution is 5.82. The fraction of sp³-hybridized carbons (Fsp3) is 0.933. The van der Waals surface area contributed by atoms with Crippen molar-refractivity contribution in [1.29, 1.82) is 0 Å². The molecule has 36 heavy (non-hydrogen) atoms. The molecule has 1 unspecified atom stereocenters. The second-order valence-corrected chi connectivity index (χ2v) is 15.5. The Morgan fingerprint density at radius 2 is 1.67 bits per heavy atom. The minimum atomic E-state index is -0.954. The summed E-state index contributed by atoms with van der Waals surface area (Å²) in [5.41, 5.74) is -3.37. The molecule has 0 radical (unpaired) electrons. The van der Waals surface area contributed by atoms with Crippen molar-refractivity contribution in [1.82, 2.24) is 0 Å². The lowest BCUT2D eigenvalue weighted by Crippen LogP contribution is -2.75. The van der Waals surface area contributed by atoms with Gasteiger partial charge in [-0.1, -0.05) is 34.6 Å². The molecule has 9 atom stereocenters. The number of ether oxygens (including phenoxy) is 1. The Morgan fingerprint density at radius 1 is 1.03 bits per heavy atom. The largest absolute Gasteiger partial charge is 0.481 e. The van der Waals surface area contributed by atoms with Crippen molar-refractivity contribution in [3.8, 4) is 0 Å². The first-order valence-corrected chi connectivity index (χ1v) is 14.3. The summed E-state index contributed by atoms with van der Waals surface area (Å²) in [7, 11) is 0. The highest BCUT2D eigenvalue weighted by Gasteiger charge is 2.83. The summed E-state index contributed by atoms with van der Waals surface area (Å²) >= 11 is 0. The first-order chi connectivity index (χ1) is 16.4. The van der Waals surface area contributed by atoms with Crippen LogP contribution in [0.2, 0.25) is 0 Å². The molecule has 0 amide bonds. The van der Waals surface area contributed by atoms with Gasteiger partial charge < -0.3 is 20.1 Å². The Kier molecular flexibility index (Phi) is 5.51. The van der Waals surface area contributed by atoms with Crippen LogP contribution in [0.4, 0.5) is 0 Å². The van der Waals surface area contributed by atoms with Crippen molar-refractivity contribution in [3.05, 3.63) is 0 Å². The van der Waals surface area contributed by atoms with Crippen molar-refractivity contribution in [2.24, 2.45) is 44.8 Å². The van der Waals surface area contributed by atoms with E-state index in [2.05, 4.69) is 34.6 Å². The molecule has 0 aromatic carbocycles. The molecule has 4 aliphatic carbocycles. The van der Waals surface area contributed by atoms with E-state index in [-0.39, 0.29) is 41.0 Å². The van der Waals surface area contributed by atoms with Crippen molar-refractivity contribution in [2.75, 3.05) is 0 Å². The van der Waals surface area contributed by atoms with Crippen molar-refractivity contribution in [3.63, 3.8) is 0 Å². The van der Waals surface area contributed by atoms with E-state index in [0.29, 0.717) is 12.8 Å². The molecule has 4 saturated carbocycles. The van der Waals surface area contributed by atoms with E-state index in [1.54, 1.807) is 0 Å². The molecule has 5 aliphatic rings. The van der Waals surface area contributed by atoms with Crippen LogP contribution < -0.4 is 0 Å². The predicted octanol–water partition coefficient (Wildman–Crippen LogP) is 5.33. The number of carboxylic acids is 1. The van der Waals surface area contributed by atoms with Crippen LogP contribution in [0.25, 0.3) is 0 Å². The quantitative estimate of drug-likeness (QED) is 0.447. The summed E-state index contributed by atoms with van der Waals surface area (Å²) in [6.07, 6.45) is 6.23. The maximum Gasteiger partial charge on any atom is 0.313 e. The fourth-order valence-corrected chi connectivity index (χ4v) is 11.1. The van der Waals surface area contributed by atoms with Gasteiger partial charge in [0.25, 0.3) is 0 Å². The standard InChI is InChI=1S/C30H48O6/c1-24(2)12-14-29-15-13-28(7)27(6)11-8-18(25(3,4)35)26(5,10-9-22(32)33)19(27)16-21(31)30(28,20(29)17-24)36-23(29)34/h18-21,31,35H,8-17H2,1-7H3,(H,32,33)/t18-,19?,20+,21-,26-,27+,28-,29-,30+/m0/s1. The smallest absolute Gasteiger partial charge is 0.313 e. The molecule has 1 heterocycles. The first kappa shape index (κ1) is 26.5. The molecule has 0 aromatic rings. The van der Waals surface area contributed by atoms with Crippen LogP contribution in [0.5, 0.6) is 0 Å². The fourth-order valence-electron chi connectivity index (χ4n) is 11.1. The average Bonchev–Trinajstić information content (AvgIpc) is 2.93. The second kappa shape index (κ2) is 7.49. The zero-order chi connectivity index (χ0) is 26.7. The second-order valence-electron chi connectivity index (χ2n) is 15.5. The Balaban J connectivity index is 1.65. The number of aliphatic hydroxyl groups is 2. The molecular formula is C30H48O6. The lowest BCUT2D eigenvalue weighted by atomic mass is 9.31. The number of carboxylic acid groups (broad SMARTS) is 1. The molecule has 2 bridgehead atoms. The van der Waals surface area contributed by atoms with Gasteiger partial charge in [0.05, 0.1) is 17.1 Å². The van der Waals surface area contributed by atoms with Gasteiger partial charge in [0.2, 0.25) is 0 Å². The van der Waals surface area contributed by atoms with E-state index < -0.39 is 39.5 Å². The molecule has 5 rings (SSSR count). The predicted molar refractivity (Wildman–Crippen MR) is 136 cm³/mol. The van der Waals surface area contributed by atoms with Gasteiger partial charge in [-0.25, -0.2) is 0 Å². The lowest BCUT2D eigenvalue weighted by molar-refractivity contribution is -0.312. The molecule has 5 fully saturated rings. The Hall–Kier alpha value is -1.14. The number of fused-ring (bicyclic) bond motifs is 2. The molecule has 204 valence electrons. The van der Waals surface area contributed by atoms with Gasteiger partial charge in [0.15, 0.2) is 0 Å². The third-order valence-corrected chi connectivity index (χ3v) is 13.0. The van der Waals surface area contributed by atoms with Gasteiger partial charge in [-0.3, -0.25) is 9.59 Å². The van der Waals surface area contributed by atoms with E-state index in [1.165, 1.54) is 0 Å². The van der Waals surface area contributed by atoms with Crippen molar-refractivity contribution in [2.45, 2.75) is 130 Å². The van der Waals surface area contributed by atoms with Gasteiger partial charge in [-0.05, 0) is 99.7 Å². The lowest BCUT2D eigenvalue weighted by Gasteiger charge is -2.73. The molecular weight excluding hydrogens is 456 g/mol. The van der Waals surface area contributed by atoms with Crippen molar-refractivity contribution >= 4 is 11.9 Å². The summed E-state index contributed by atoms with van der Waals surface area (Å²) in [5.74, 6) is -0.969. The zero-order valence-electron chi connectivity index (χ0n) is 23.4. The third-order valence-electron chi connectivity index (χ3n) is 13.0. The normalized spacial score (nSPS) is 51.5. The highest BCUT2D eigenvalue weighted by Crippen LogP contribution is 2.80. The van der Waals surface area contributed by atoms with Crippen LogP contribution >= 0.6 is 0 Å². The molecule has 6 nitrogen and oxygen atoms in total. The van der Waals surface area contributed by atoms with Crippen LogP contribution in [0.15, 0.2) is 0 Å². The molecule has 6 heteroatoms. The van der Waals surface area contributed by atoms with Crippen LogP contribution in [-0.4, -0.2) is 44.6 Å². The summed E-state index contributed by atoms with van der Waals surface area (Å²) in [4.78, 5) is 25.4. The molecule has 0 aromatic heterocycles. The topological polar surface area (TPSA) is 104 Å². The first-order valence-electron chi connectivity index (χ1n) is 14.3. The number of aliphatic hydroxyl groups excluding tert-OH is 1. The number of hydrogen-bond acceptors (Lipinski definition) is 5. The maximum absolute atomic E-state index is 13.7. The monoisotopic (exact) mass is 504 g/mol. The Bertz CT molecular complexity index is 967. The minimum Gasteiger partial charge on any atom is -0.481 e. The van der Waals surface area contributed by atoms with Crippen LogP contribution in [0.1, 0.15) is 113 Å². The third kappa shape index (κ3) is 3.03.